The van der Waals surface area contributed by atoms with Gasteiger partial charge in [-0.05, 0) is 56.4 Å². The molecule has 2 aromatic carbocycles. The molecule has 2 rings (SSSR count). The van der Waals surface area contributed by atoms with Crippen LogP contribution in [0.5, 0.6) is 11.5 Å². The van der Waals surface area contributed by atoms with Crippen LogP contribution in [0.15, 0.2) is 53.4 Å². The van der Waals surface area contributed by atoms with Crippen LogP contribution >= 0.6 is 11.8 Å². The Balaban J connectivity index is 1.71. The standard InChI is InChI=1S/C22H27NO5S/c1-3-26-19-12-11-17(15-20(19)27-4-2)22(25)28-16-21(24)23-13-8-14-29-18-9-6-5-7-10-18/h5-7,9-12,15H,3-4,8,13-14,16H2,1-2H3,(H,23,24). The van der Waals surface area contributed by atoms with E-state index in [4.69, 9.17) is 14.2 Å². The van der Waals surface area contributed by atoms with Crippen molar-refractivity contribution in [3.63, 3.8) is 0 Å². The maximum atomic E-state index is 12.2. The van der Waals surface area contributed by atoms with E-state index in [1.807, 2.05) is 32.0 Å². The predicted molar refractivity (Wildman–Crippen MR) is 114 cm³/mol. The first-order chi connectivity index (χ1) is 14.1. The van der Waals surface area contributed by atoms with Gasteiger partial charge in [0.05, 0.1) is 18.8 Å². The molecular formula is C22H27NO5S. The molecule has 2 aromatic rings. The molecule has 0 aliphatic heterocycles. The van der Waals surface area contributed by atoms with Crippen LogP contribution in [-0.2, 0) is 9.53 Å². The monoisotopic (exact) mass is 417 g/mol. The van der Waals surface area contributed by atoms with Crippen LogP contribution in [0.1, 0.15) is 30.6 Å². The van der Waals surface area contributed by atoms with Gasteiger partial charge in [0.15, 0.2) is 18.1 Å². The predicted octanol–water partition coefficient (Wildman–Crippen LogP) is 3.94. The van der Waals surface area contributed by atoms with E-state index in [0.29, 0.717) is 36.8 Å². The molecule has 29 heavy (non-hydrogen) atoms. The first-order valence-corrected chi connectivity index (χ1v) is 10.6. The van der Waals surface area contributed by atoms with Crippen LogP contribution in [0.2, 0.25) is 0 Å². The Kier molecular flexibility index (Phi) is 9.92. The summed E-state index contributed by atoms with van der Waals surface area (Å²) in [5, 5.41) is 2.76. The number of esters is 1. The fourth-order valence-electron chi connectivity index (χ4n) is 2.45. The molecule has 6 nitrogen and oxygen atoms in total. The van der Waals surface area contributed by atoms with E-state index in [1.165, 1.54) is 4.90 Å². The minimum atomic E-state index is -0.580. The van der Waals surface area contributed by atoms with Gasteiger partial charge in [-0.1, -0.05) is 18.2 Å². The summed E-state index contributed by atoms with van der Waals surface area (Å²) in [6.45, 7) is 4.88. The molecule has 0 aromatic heterocycles. The molecule has 1 amide bonds. The molecule has 0 atom stereocenters. The molecule has 0 saturated heterocycles. The molecule has 0 spiro atoms. The van der Waals surface area contributed by atoms with Crippen molar-refractivity contribution >= 4 is 23.6 Å². The van der Waals surface area contributed by atoms with Gasteiger partial charge < -0.3 is 19.5 Å². The highest BCUT2D eigenvalue weighted by Gasteiger charge is 2.14. The van der Waals surface area contributed by atoms with Crippen LogP contribution in [0.4, 0.5) is 0 Å². The Morgan fingerprint density at radius 2 is 1.69 bits per heavy atom. The normalized spacial score (nSPS) is 10.3. The van der Waals surface area contributed by atoms with E-state index in [-0.39, 0.29) is 12.5 Å². The first-order valence-electron chi connectivity index (χ1n) is 9.65. The Hall–Kier alpha value is -2.67. The van der Waals surface area contributed by atoms with Gasteiger partial charge in [-0.3, -0.25) is 4.79 Å². The van der Waals surface area contributed by atoms with Gasteiger partial charge in [0, 0.05) is 11.4 Å². The Morgan fingerprint density at radius 3 is 2.41 bits per heavy atom. The zero-order valence-corrected chi connectivity index (χ0v) is 17.6. The lowest BCUT2D eigenvalue weighted by Crippen LogP contribution is -2.29. The summed E-state index contributed by atoms with van der Waals surface area (Å²) in [7, 11) is 0. The van der Waals surface area contributed by atoms with Crippen LogP contribution in [0.25, 0.3) is 0 Å². The minimum Gasteiger partial charge on any atom is -0.490 e. The number of hydrogen-bond acceptors (Lipinski definition) is 6. The summed E-state index contributed by atoms with van der Waals surface area (Å²) in [5.41, 5.74) is 0.309. The van der Waals surface area contributed by atoms with Crippen LogP contribution in [-0.4, -0.2) is 44.0 Å². The summed E-state index contributed by atoms with van der Waals surface area (Å²) in [5.74, 6) is 1.04. The molecule has 0 bridgehead atoms. The SMILES string of the molecule is CCOc1ccc(C(=O)OCC(=O)NCCCSc2ccccc2)cc1OCC. The zero-order chi connectivity index (χ0) is 20.9. The number of amides is 1. The fourth-order valence-corrected chi connectivity index (χ4v) is 3.32. The molecule has 7 heteroatoms. The van der Waals surface area contributed by atoms with Crippen LogP contribution in [0, 0.1) is 0 Å². The van der Waals surface area contributed by atoms with Crippen molar-refractivity contribution in [2.24, 2.45) is 0 Å². The van der Waals surface area contributed by atoms with E-state index in [1.54, 1.807) is 30.0 Å². The third-order valence-corrected chi connectivity index (χ3v) is 4.87. The van der Waals surface area contributed by atoms with E-state index < -0.39 is 5.97 Å². The molecule has 1 N–H and O–H groups in total. The molecule has 0 aliphatic rings. The third-order valence-electron chi connectivity index (χ3n) is 3.77. The fraction of sp³-hybridized carbons (Fsp3) is 0.364. The molecule has 0 aliphatic carbocycles. The highest BCUT2D eigenvalue weighted by molar-refractivity contribution is 7.99. The average Bonchev–Trinajstić information content (AvgIpc) is 2.74. The lowest BCUT2D eigenvalue weighted by Gasteiger charge is -2.12. The van der Waals surface area contributed by atoms with E-state index in [9.17, 15) is 9.59 Å². The number of ether oxygens (including phenoxy) is 3. The summed E-state index contributed by atoms with van der Waals surface area (Å²) in [6.07, 6.45) is 0.829. The third kappa shape index (κ3) is 8.07. The second kappa shape index (κ2) is 12.7. The van der Waals surface area contributed by atoms with Gasteiger partial charge >= 0.3 is 5.97 Å². The number of nitrogens with one attached hydrogen (secondary N) is 1. The van der Waals surface area contributed by atoms with Crippen molar-refractivity contribution in [3.05, 3.63) is 54.1 Å². The van der Waals surface area contributed by atoms with E-state index in [2.05, 4.69) is 17.4 Å². The molecule has 0 fully saturated rings. The number of rotatable bonds is 12. The zero-order valence-electron chi connectivity index (χ0n) is 16.8. The number of carbonyl (C=O) groups excluding carboxylic acids is 2. The number of benzene rings is 2. The van der Waals surface area contributed by atoms with Gasteiger partial charge in [-0.15, -0.1) is 11.8 Å². The number of carbonyl (C=O) groups is 2. The van der Waals surface area contributed by atoms with Crippen LogP contribution in [0.3, 0.4) is 0 Å². The van der Waals surface area contributed by atoms with Crippen LogP contribution < -0.4 is 14.8 Å². The lowest BCUT2D eigenvalue weighted by atomic mass is 10.2. The van der Waals surface area contributed by atoms with Gasteiger partial charge in [0.25, 0.3) is 5.91 Å². The maximum absolute atomic E-state index is 12.2. The second-order valence-corrected chi connectivity index (χ2v) is 7.14. The topological polar surface area (TPSA) is 73.9 Å². The molecular weight excluding hydrogens is 390 g/mol. The minimum absolute atomic E-state index is 0.309. The maximum Gasteiger partial charge on any atom is 0.338 e. The van der Waals surface area contributed by atoms with Crippen molar-refractivity contribution in [1.82, 2.24) is 5.32 Å². The first kappa shape index (κ1) is 22.6. The van der Waals surface area contributed by atoms with Crippen molar-refractivity contribution in [2.45, 2.75) is 25.2 Å². The highest BCUT2D eigenvalue weighted by Crippen LogP contribution is 2.28. The molecule has 0 heterocycles. The van der Waals surface area contributed by atoms with Crippen molar-refractivity contribution < 1.29 is 23.8 Å². The Bertz CT molecular complexity index is 782. The summed E-state index contributed by atoms with van der Waals surface area (Å²) in [6, 6.07) is 14.9. The molecule has 156 valence electrons. The summed E-state index contributed by atoms with van der Waals surface area (Å²) in [4.78, 5) is 25.3. The molecule has 0 radical (unpaired) electrons. The van der Waals surface area contributed by atoms with Crippen molar-refractivity contribution in [3.8, 4) is 11.5 Å². The largest absolute Gasteiger partial charge is 0.490 e. The number of thioether (sulfide) groups is 1. The van der Waals surface area contributed by atoms with Crippen molar-refractivity contribution in [2.75, 3.05) is 32.1 Å². The number of hydrogen-bond donors (Lipinski definition) is 1. The summed E-state index contributed by atoms with van der Waals surface area (Å²) >= 11 is 1.74. The van der Waals surface area contributed by atoms with Crippen molar-refractivity contribution in [1.29, 1.82) is 0 Å². The molecule has 0 unspecified atom stereocenters. The highest BCUT2D eigenvalue weighted by atomic mass is 32.2. The Labute approximate surface area is 175 Å². The average molecular weight is 418 g/mol. The summed E-state index contributed by atoms with van der Waals surface area (Å²) < 4.78 is 16.1. The van der Waals surface area contributed by atoms with E-state index >= 15 is 0 Å². The Morgan fingerprint density at radius 1 is 0.966 bits per heavy atom. The second-order valence-electron chi connectivity index (χ2n) is 5.97. The van der Waals surface area contributed by atoms with E-state index in [0.717, 1.165) is 12.2 Å². The lowest BCUT2D eigenvalue weighted by molar-refractivity contribution is -0.124. The smallest absolute Gasteiger partial charge is 0.338 e. The van der Waals surface area contributed by atoms with Gasteiger partial charge in [0.1, 0.15) is 0 Å². The van der Waals surface area contributed by atoms with Gasteiger partial charge in [0.2, 0.25) is 0 Å². The van der Waals surface area contributed by atoms with Gasteiger partial charge in [-0.2, -0.15) is 0 Å². The quantitative estimate of drug-likeness (QED) is 0.320. The van der Waals surface area contributed by atoms with Gasteiger partial charge in [-0.25, -0.2) is 4.79 Å². The molecule has 0 saturated carbocycles.